The summed E-state index contributed by atoms with van der Waals surface area (Å²) >= 11 is 12.1. The first kappa shape index (κ1) is 24.0. The lowest BCUT2D eigenvalue weighted by Crippen LogP contribution is -2.20. The molecule has 3 aromatic rings. The molecule has 0 aliphatic carbocycles. The van der Waals surface area contributed by atoms with Crippen LogP contribution in [0.2, 0.25) is 10.0 Å². The van der Waals surface area contributed by atoms with E-state index in [9.17, 15) is 14.9 Å². The number of nitrogens with one attached hydrogen (secondary N) is 1. The van der Waals surface area contributed by atoms with E-state index < -0.39 is 10.8 Å². The molecular formula is C23H19Cl2N3O5. The normalized spacial score (nSPS) is 10.8. The van der Waals surface area contributed by atoms with Crippen molar-refractivity contribution < 1.29 is 19.2 Å². The van der Waals surface area contributed by atoms with Crippen LogP contribution < -0.4 is 14.9 Å². The van der Waals surface area contributed by atoms with Crippen LogP contribution in [0.3, 0.4) is 0 Å². The van der Waals surface area contributed by atoms with Gasteiger partial charge in [0.2, 0.25) is 5.91 Å². The summed E-state index contributed by atoms with van der Waals surface area (Å²) in [6.45, 7) is 0.224. The first-order valence-corrected chi connectivity index (χ1v) is 10.4. The van der Waals surface area contributed by atoms with Crippen LogP contribution in [0.25, 0.3) is 0 Å². The lowest BCUT2D eigenvalue weighted by atomic mass is 10.1. The Morgan fingerprint density at radius 3 is 2.61 bits per heavy atom. The maximum absolute atomic E-state index is 12.1. The zero-order valence-corrected chi connectivity index (χ0v) is 19.0. The Balaban J connectivity index is 1.61. The number of ether oxygens (including phenoxy) is 2. The van der Waals surface area contributed by atoms with E-state index in [2.05, 4.69) is 10.5 Å². The highest BCUT2D eigenvalue weighted by atomic mass is 35.5. The highest BCUT2D eigenvalue weighted by Gasteiger charge is 2.15. The van der Waals surface area contributed by atoms with Gasteiger partial charge in [0.1, 0.15) is 6.61 Å². The second kappa shape index (κ2) is 11.3. The van der Waals surface area contributed by atoms with Crippen LogP contribution in [0.1, 0.15) is 16.7 Å². The summed E-state index contributed by atoms with van der Waals surface area (Å²) < 4.78 is 11.2. The van der Waals surface area contributed by atoms with Gasteiger partial charge in [0.15, 0.2) is 11.5 Å². The minimum Gasteiger partial charge on any atom is -0.493 e. The number of para-hydroxylation sites is 1. The molecule has 170 valence electrons. The van der Waals surface area contributed by atoms with E-state index >= 15 is 0 Å². The highest BCUT2D eigenvalue weighted by molar-refractivity contribution is 6.35. The third-order valence-electron chi connectivity index (χ3n) is 4.53. The number of hydrazone groups is 1. The standard InChI is InChI=1S/C23H19Cl2N3O5/c1-32-22-10-15(6-9-21(22)33-14-17-7-8-18(24)12-19(17)25)13-26-27-23(29)11-16-4-2-3-5-20(16)28(30)31/h2-10,12-13H,11,14H2,1H3,(H,27,29). The lowest BCUT2D eigenvalue weighted by Gasteiger charge is -2.12. The smallest absolute Gasteiger partial charge is 0.273 e. The number of nitro benzene ring substituents is 1. The van der Waals surface area contributed by atoms with Crippen molar-refractivity contribution in [2.75, 3.05) is 7.11 Å². The van der Waals surface area contributed by atoms with E-state index in [1.165, 1.54) is 25.5 Å². The molecule has 10 heteroatoms. The number of nitro groups is 1. The predicted molar refractivity (Wildman–Crippen MR) is 126 cm³/mol. The van der Waals surface area contributed by atoms with Gasteiger partial charge in [-0.2, -0.15) is 5.10 Å². The van der Waals surface area contributed by atoms with Crippen molar-refractivity contribution in [1.82, 2.24) is 5.43 Å². The summed E-state index contributed by atoms with van der Waals surface area (Å²) in [5.41, 5.74) is 3.98. The average Bonchev–Trinajstić information content (AvgIpc) is 2.79. The summed E-state index contributed by atoms with van der Waals surface area (Å²) in [7, 11) is 1.51. The Hall–Kier alpha value is -3.62. The topological polar surface area (TPSA) is 103 Å². The van der Waals surface area contributed by atoms with Crippen LogP contribution in [0.15, 0.2) is 65.8 Å². The van der Waals surface area contributed by atoms with Crippen molar-refractivity contribution in [2.24, 2.45) is 5.10 Å². The molecule has 1 amide bonds. The third kappa shape index (κ3) is 6.68. The quantitative estimate of drug-likeness (QED) is 0.254. The molecule has 8 nitrogen and oxygen atoms in total. The van der Waals surface area contributed by atoms with Crippen LogP contribution in [0.4, 0.5) is 5.69 Å². The molecule has 0 radical (unpaired) electrons. The number of rotatable bonds is 9. The Kier molecular flexibility index (Phi) is 8.23. The number of halogens is 2. The second-order valence-corrected chi connectivity index (χ2v) is 7.63. The number of nitrogens with zero attached hydrogens (tertiary/aromatic N) is 2. The molecule has 33 heavy (non-hydrogen) atoms. The summed E-state index contributed by atoms with van der Waals surface area (Å²) in [5, 5.41) is 16.0. The summed E-state index contributed by atoms with van der Waals surface area (Å²) in [6.07, 6.45) is 1.26. The fourth-order valence-corrected chi connectivity index (χ4v) is 3.37. The van der Waals surface area contributed by atoms with Gasteiger partial charge < -0.3 is 9.47 Å². The minimum absolute atomic E-state index is 0.114. The minimum atomic E-state index is -0.525. The summed E-state index contributed by atoms with van der Waals surface area (Å²) in [5.74, 6) is 0.490. The fourth-order valence-electron chi connectivity index (χ4n) is 2.91. The van der Waals surface area contributed by atoms with Gasteiger partial charge in [-0.3, -0.25) is 14.9 Å². The number of hydrogen-bond donors (Lipinski definition) is 1. The van der Waals surface area contributed by atoms with Crippen LogP contribution >= 0.6 is 23.2 Å². The van der Waals surface area contributed by atoms with E-state index in [-0.39, 0.29) is 18.7 Å². The molecular weight excluding hydrogens is 469 g/mol. The van der Waals surface area contributed by atoms with Crippen LogP contribution in [0, 0.1) is 10.1 Å². The lowest BCUT2D eigenvalue weighted by molar-refractivity contribution is -0.385. The number of carbonyl (C=O) groups excluding carboxylic acids is 1. The van der Waals surface area contributed by atoms with Gasteiger partial charge in [0.05, 0.1) is 24.7 Å². The predicted octanol–water partition coefficient (Wildman–Crippen LogP) is 5.18. The largest absolute Gasteiger partial charge is 0.493 e. The molecule has 0 bridgehead atoms. The van der Waals surface area contributed by atoms with Crippen molar-refractivity contribution in [2.45, 2.75) is 13.0 Å². The number of benzene rings is 3. The monoisotopic (exact) mass is 487 g/mol. The third-order valence-corrected chi connectivity index (χ3v) is 5.12. The average molecular weight is 488 g/mol. The first-order chi connectivity index (χ1) is 15.9. The molecule has 0 heterocycles. The second-order valence-electron chi connectivity index (χ2n) is 6.79. The molecule has 1 N–H and O–H groups in total. The van der Waals surface area contributed by atoms with Gasteiger partial charge in [-0.1, -0.05) is 47.5 Å². The summed E-state index contributed by atoms with van der Waals surface area (Å²) in [6, 6.07) is 16.3. The molecule has 0 unspecified atom stereocenters. The zero-order chi connectivity index (χ0) is 23.8. The zero-order valence-electron chi connectivity index (χ0n) is 17.5. The van der Waals surface area contributed by atoms with Gasteiger partial charge in [-0.25, -0.2) is 5.43 Å². The van der Waals surface area contributed by atoms with Gasteiger partial charge >= 0.3 is 0 Å². The van der Waals surface area contributed by atoms with E-state index in [4.69, 9.17) is 32.7 Å². The number of carbonyl (C=O) groups is 1. The van der Waals surface area contributed by atoms with Gasteiger partial charge in [-0.05, 0) is 35.9 Å². The van der Waals surface area contributed by atoms with Crippen molar-refractivity contribution >= 4 is 41.0 Å². The summed E-state index contributed by atoms with van der Waals surface area (Å²) in [4.78, 5) is 22.6. The Bertz CT molecular complexity index is 1200. The van der Waals surface area contributed by atoms with Gasteiger partial charge in [0.25, 0.3) is 5.69 Å². The molecule has 3 aromatic carbocycles. The molecule has 3 rings (SSSR count). The molecule has 0 fully saturated rings. The van der Waals surface area contributed by atoms with Crippen LogP contribution in [-0.2, 0) is 17.8 Å². The maximum Gasteiger partial charge on any atom is 0.273 e. The number of amides is 1. The molecule has 0 spiro atoms. The molecule has 0 aliphatic rings. The van der Waals surface area contributed by atoms with Crippen molar-refractivity contribution in [3.05, 3.63) is 97.5 Å². The van der Waals surface area contributed by atoms with E-state index in [1.54, 1.807) is 48.5 Å². The van der Waals surface area contributed by atoms with Crippen molar-refractivity contribution in [1.29, 1.82) is 0 Å². The molecule has 0 atom stereocenters. The van der Waals surface area contributed by atoms with E-state index in [1.807, 2.05) is 0 Å². The Labute approximate surface area is 199 Å². The Morgan fingerprint density at radius 1 is 1.09 bits per heavy atom. The molecule has 0 saturated heterocycles. The maximum atomic E-state index is 12.1. The highest BCUT2D eigenvalue weighted by Crippen LogP contribution is 2.30. The molecule has 0 saturated carbocycles. The molecule has 0 aromatic heterocycles. The van der Waals surface area contributed by atoms with Crippen LogP contribution in [-0.4, -0.2) is 24.2 Å². The van der Waals surface area contributed by atoms with Crippen LogP contribution in [0.5, 0.6) is 11.5 Å². The fraction of sp³-hybridized carbons (Fsp3) is 0.130. The number of methoxy groups -OCH3 is 1. The van der Waals surface area contributed by atoms with Crippen molar-refractivity contribution in [3.63, 3.8) is 0 Å². The number of hydrogen-bond acceptors (Lipinski definition) is 6. The van der Waals surface area contributed by atoms with Gasteiger partial charge in [0, 0.05) is 27.2 Å². The first-order valence-electron chi connectivity index (χ1n) is 9.66. The SMILES string of the molecule is COc1cc(C=NNC(=O)Cc2ccccc2[N+](=O)[O-])ccc1OCc1ccc(Cl)cc1Cl. The van der Waals surface area contributed by atoms with E-state index in [0.29, 0.717) is 32.7 Å². The van der Waals surface area contributed by atoms with Crippen molar-refractivity contribution in [3.8, 4) is 11.5 Å². The molecule has 0 aliphatic heterocycles. The van der Waals surface area contributed by atoms with E-state index in [0.717, 1.165) is 5.56 Å². The Morgan fingerprint density at radius 2 is 1.88 bits per heavy atom. The van der Waals surface area contributed by atoms with Gasteiger partial charge in [-0.15, -0.1) is 0 Å².